The number of nitrogens with zero attached hydrogens (tertiary/aromatic N) is 6. The number of aliphatic hydroxyl groups excluding tert-OH is 10. The number of hydrogen-bond donors (Lipinski definition) is 10. The highest BCUT2D eigenvalue weighted by atomic mass is 16.5. The Kier molecular flexibility index (Phi) is 9.73. The van der Waals surface area contributed by atoms with Crippen LogP contribution < -0.4 is 0 Å². The molecule has 3 aliphatic heterocycles. The third-order valence-electron chi connectivity index (χ3n) is 8.22. The standard InChI is InChI=1S/C24H38N6O13/c1-8-14(32)18(36)21(39)23(41-8)9-4-30(27-25-9)7-13-17(35)20(38)22(40)24(43-13)10-5-29(28-26-10)6-12-16(34)19(37)15(33)11(42-12)2-3-31/h4-5,8,11-24,31-40H,2-3,6-7H2,1H3/t8?,11-,12?,13?,14-,15?,16-,17-,18?,19?,20?,21?,22?,23-,24-/m1/s1. The molecular formula is C24H38N6O13. The number of ether oxygens (including phenoxy) is 3. The van der Waals surface area contributed by atoms with Gasteiger partial charge >= 0.3 is 0 Å². The van der Waals surface area contributed by atoms with E-state index in [0.29, 0.717) is 0 Å². The van der Waals surface area contributed by atoms with Crippen molar-refractivity contribution in [3.63, 3.8) is 0 Å². The van der Waals surface area contributed by atoms with Crippen LogP contribution in [0.1, 0.15) is 36.9 Å². The summed E-state index contributed by atoms with van der Waals surface area (Å²) >= 11 is 0. The van der Waals surface area contributed by atoms with E-state index < -0.39 is 91.6 Å². The van der Waals surface area contributed by atoms with Crippen LogP contribution in [0.3, 0.4) is 0 Å². The molecule has 2 aromatic heterocycles. The normalized spacial score (nSPS) is 44.0. The molecule has 3 fully saturated rings. The van der Waals surface area contributed by atoms with Crippen molar-refractivity contribution in [3.05, 3.63) is 23.8 Å². The van der Waals surface area contributed by atoms with Crippen molar-refractivity contribution in [3.8, 4) is 0 Å². The zero-order valence-corrected chi connectivity index (χ0v) is 23.0. The van der Waals surface area contributed by atoms with Gasteiger partial charge in [-0.2, -0.15) is 0 Å². The van der Waals surface area contributed by atoms with Gasteiger partial charge in [0.2, 0.25) is 0 Å². The SMILES string of the molecule is CC1O[C@H](c2cn(CC3O[C@H](c4cn(CC5O[C@H](CCO)C(O)C(O)[C@@H]5O)nn4)C(O)C(O)[C@@H]3O)nn2)C(O)C(O)[C@@H]1O. The molecule has 10 N–H and O–H groups in total. The summed E-state index contributed by atoms with van der Waals surface area (Å²) in [7, 11) is 0. The van der Waals surface area contributed by atoms with Gasteiger partial charge in [0.15, 0.2) is 0 Å². The maximum atomic E-state index is 10.7. The molecule has 0 radical (unpaired) electrons. The highest BCUT2D eigenvalue weighted by Crippen LogP contribution is 2.34. The van der Waals surface area contributed by atoms with Crippen molar-refractivity contribution < 1.29 is 65.3 Å². The first-order valence-electron chi connectivity index (χ1n) is 13.9. The zero-order valence-electron chi connectivity index (χ0n) is 23.0. The molecule has 3 saturated heterocycles. The van der Waals surface area contributed by atoms with Gasteiger partial charge in [0, 0.05) is 6.61 Å². The van der Waals surface area contributed by atoms with E-state index in [4.69, 9.17) is 14.2 Å². The van der Waals surface area contributed by atoms with Crippen LogP contribution in [0.5, 0.6) is 0 Å². The van der Waals surface area contributed by atoms with Crippen LogP contribution in [-0.4, -0.2) is 167 Å². The Balaban J connectivity index is 1.26. The summed E-state index contributed by atoms with van der Waals surface area (Å²) < 4.78 is 19.6. The highest BCUT2D eigenvalue weighted by molar-refractivity contribution is 5.08. The zero-order chi connectivity index (χ0) is 31.2. The Morgan fingerprint density at radius 1 is 0.581 bits per heavy atom. The maximum absolute atomic E-state index is 10.7. The molecule has 3 aliphatic rings. The molecule has 242 valence electrons. The first-order valence-corrected chi connectivity index (χ1v) is 13.9. The molecule has 19 nitrogen and oxygen atoms in total. The lowest BCUT2D eigenvalue weighted by molar-refractivity contribution is -0.229. The van der Waals surface area contributed by atoms with Gasteiger partial charge in [0.05, 0.1) is 37.7 Å². The first kappa shape index (κ1) is 32.2. The van der Waals surface area contributed by atoms with Crippen LogP contribution >= 0.6 is 0 Å². The average Bonchev–Trinajstić information content (AvgIpc) is 3.65. The predicted molar refractivity (Wildman–Crippen MR) is 135 cm³/mol. The molecule has 0 bridgehead atoms. The summed E-state index contributed by atoms with van der Waals surface area (Å²) in [6.45, 7) is 0.924. The quantitative estimate of drug-likeness (QED) is 0.132. The van der Waals surface area contributed by atoms with Gasteiger partial charge in [0.1, 0.15) is 90.7 Å². The maximum Gasteiger partial charge on any atom is 0.132 e. The van der Waals surface area contributed by atoms with Crippen molar-refractivity contribution in [1.29, 1.82) is 0 Å². The second-order valence-corrected chi connectivity index (χ2v) is 11.2. The van der Waals surface area contributed by atoms with E-state index in [0.717, 1.165) is 0 Å². The molecule has 0 saturated carbocycles. The largest absolute Gasteiger partial charge is 0.396 e. The van der Waals surface area contributed by atoms with E-state index in [1.54, 1.807) is 0 Å². The van der Waals surface area contributed by atoms with Crippen molar-refractivity contribution >= 4 is 0 Å². The van der Waals surface area contributed by atoms with Crippen LogP contribution in [-0.2, 0) is 27.3 Å². The molecule has 9 unspecified atom stereocenters. The third-order valence-corrected chi connectivity index (χ3v) is 8.22. The first-order chi connectivity index (χ1) is 20.4. The summed E-state index contributed by atoms with van der Waals surface area (Å²) in [4.78, 5) is 0. The summed E-state index contributed by atoms with van der Waals surface area (Å²) in [5.74, 6) is 0. The Morgan fingerprint density at radius 3 is 1.56 bits per heavy atom. The van der Waals surface area contributed by atoms with E-state index >= 15 is 0 Å². The monoisotopic (exact) mass is 618 g/mol. The summed E-state index contributed by atoms with van der Waals surface area (Å²) in [6.07, 6.45) is -16.9. The lowest BCUT2D eigenvalue weighted by atomic mass is 9.93. The fourth-order valence-corrected chi connectivity index (χ4v) is 5.62. The molecule has 0 aromatic carbocycles. The van der Waals surface area contributed by atoms with E-state index in [1.165, 1.54) is 28.7 Å². The van der Waals surface area contributed by atoms with E-state index in [-0.39, 0.29) is 37.5 Å². The highest BCUT2D eigenvalue weighted by Gasteiger charge is 2.47. The van der Waals surface area contributed by atoms with Crippen LogP contribution in [0, 0.1) is 0 Å². The number of aliphatic hydroxyl groups is 10. The van der Waals surface area contributed by atoms with Gasteiger partial charge in [-0.25, -0.2) is 9.36 Å². The Morgan fingerprint density at radius 2 is 1.02 bits per heavy atom. The lowest BCUT2D eigenvalue weighted by Crippen LogP contribution is -2.58. The second-order valence-electron chi connectivity index (χ2n) is 11.2. The van der Waals surface area contributed by atoms with Crippen molar-refractivity contribution in [2.24, 2.45) is 0 Å². The topological polar surface area (TPSA) is 291 Å². The molecule has 15 atom stereocenters. The third kappa shape index (κ3) is 6.31. The molecule has 5 heterocycles. The average molecular weight is 619 g/mol. The van der Waals surface area contributed by atoms with Crippen molar-refractivity contribution in [2.75, 3.05) is 6.61 Å². The van der Waals surface area contributed by atoms with Crippen LogP contribution in [0.15, 0.2) is 12.4 Å². The van der Waals surface area contributed by atoms with Gasteiger partial charge in [-0.3, -0.25) is 0 Å². The Hall–Kier alpha value is -2.24. The van der Waals surface area contributed by atoms with E-state index in [1.807, 2.05) is 0 Å². The smallest absolute Gasteiger partial charge is 0.132 e. The number of hydrogen-bond acceptors (Lipinski definition) is 17. The van der Waals surface area contributed by atoms with Gasteiger partial charge < -0.3 is 65.3 Å². The van der Waals surface area contributed by atoms with E-state index in [2.05, 4.69) is 20.6 Å². The Labute approximate surface area is 244 Å². The van der Waals surface area contributed by atoms with Gasteiger partial charge in [-0.1, -0.05) is 10.4 Å². The molecule has 43 heavy (non-hydrogen) atoms. The minimum atomic E-state index is -1.66. The number of aromatic nitrogens is 6. The molecule has 5 rings (SSSR count). The number of rotatable bonds is 8. The summed E-state index contributed by atoms with van der Waals surface area (Å²) in [6, 6.07) is 0. The molecule has 19 heteroatoms. The molecular weight excluding hydrogens is 580 g/mol. The molecule has 2 aromatic rings. The van der Waals surface area contributed by atoms with E-state index in [9.17, 15) is 51.1 Å². The fraction of sp³-hybridized carbons (Fsp3) is 0.833. The molecule has 0 spiro atoms. The van der Waals surface area contributed by atoms with Gasteiger partial charge in [0.25, 0.3) is 0 Å². The lowest BCUT2D eigenvalue weighted by Gasteiger charge is -2.40. The minimum absolute atomic E-state index is 0.0273. The fourth-order valence-electron chi connectivity index (χ4n) is 5.62. The molecule has 0 aliphatic carbocycles. The van der Waals surface area contributed by atoms with Crippen LogP contribution in [0.4, 0.5) is 0 Å². The summed E-state index contributed by atoms with van der Waals surface area (Å²) in [5, 5.41) is 118. The molecule has 0 amide bonds. The minimum Gasteiger partial charge on any atom is -0.396 e. The van der Waals surface area contributed by atoms with Gasteiger partial charge in [-0.15, -0.1) is 10.2 Å². The summed E-state index contributed by atoms with van der Waals surface area (Å²) in [5.41, 5.74) is 0.211. The van der Waals surface area contributed by atoms with Crippen LogP contribution in [0.2, 0.25) is 0 Å². The Bertz CT molecular complexity index is 1200. The van der Waals surface area contributed by atoms with Crippen molar-refractivity contribution in [2.45, 2.75) is 118 Å². The van der Waals surface area contributed by atoms with Crippen LogP contribution in [0.25, 0.3) is 0 Å². The predicted octanol–water partition coefficient (Wildman–Crippen LogP) is -6.13. The van der Waals surface area contributed by atoms with Crippen molar-refractivity contribution in [1.82, 2.24) is 30.0 Å². The second kappa shape index (κ2) is 13.0. The van der Waals surface area contributed by atoms with Gasteiger partial charge in [-0.05, 0) is 13.3 Å².